The van der Waals surface area contributed by atoms with Crippen molar-refractivity contribution in [3.05, 3.63) is 88.7 Å². The smallest absolute Gasteiger partial charge is 0.261 e. The molecule has 31 heavy (non-hydrogen) atoms. The number of carbonyl (C=O) groups excluding carboxylic acids is 1. The Hall–Kier alpha value is -3.52. The molecule has 3 rings (SSSR count). The van der Waals surface area contributed by atoms with Gasteiger partial charge >= 0.3 is 0 Å². The number of hydrogen-bond acceptors (Lipinski definition) is 6. The number of thioether (sulfide) groups is 1. The Morgan fingerprint density at radius 3 is 2.58 bits per heavy atom. The van der Waals surface area contributed by atoms with Crippen LogP contribution in [0.2, 0.25) is 0 Å². The average Bonchev–Trinajstić information content (AvgIpc) is 2.78. The number of methoxy groups -OCH3 is 1. The Bertz CT molecular complexity index is 1110. The summed E-state index contributed by atoms with van der Waals surface area (Å²) in [5.74, 6) is 0.123. The van der Waals surface area contributed by atoms with Crippen molar-refractivity contribution in [2.24, 2.45) is 0 Å². The van der Waals surface area contributed by atoms with Crippen LogP contribution in [-0.2, 0) is 17.8 Å². The monoisotopic (exact) mass is 437 g/mol. The van der Waals surface area contributed by atoms with E-state index in [2.05, 4.69) is 16.9 Å². The number of rotatable bonds is 9. The summed E-state index contributed by atoms with van der Waals surface area (Å²) < 4.78 is 6.51. The van der Waals surface area contributed by atoms with Gasteiger partial charge in [-0.3, -0.25) is 14.2 Å². The zero-order valence-electron chi connectivity index (χ0n) is 17.1. The van der Waals surface area contributed by atoms with Crippen LogP contribution in [0.4, 0.5) is 5.69 Å². The minimum absolute atomic E-state index is 0.0209. The first kappa shape index (κ1) is 22.2. The molecule has 0 aliphatic rings. The van der Waals surface area contributed by atoms with Gasteiger partial charge in [0.25, 0.3) is 5.56 Å². The molecule has 0 radical (unpaired) electrons. The fraction of sp³-hybridized carbons (Fsp3) is 0.174. The molecule has 0 aliphatic carbocycles. The second-order valence-corrected chi connectivity index (χ2v) is 7.57. The summed E-state index contributed by atoms with van der Waals surface area (Å²) in [6.45, 7) is 3.91. The van der Waals surface area contributed by atoms with E-state index in [4.69, 9.17) is 4.74 Å². The standard InChI is InChI=1S/C23H23N3O4S/c1-3-13-26-22(29)19(14-16-7-5-4-6-8-16)21(28)25-23(26)31-15-20(27)24-17-9-11-18(30-2)12-10-17/h3-12,28H,1,13-15H2,2H3,(H,24,27). The molecule has 1 aromatic heterocycles. The highest BCUT2D eigenvalue weighted by atomic mass is 32.2. The van der Waals surface area contributed by atoms with E-state index >= 15 is 0 Å². The third kappa shape index (κ3) is 5.76. The molecule has 0 fully saturated rings. The highest BCUT2D eigenvalue weighted by Gasteiger charge is 2.17. The van der Waals surface area contributed by atoms with Gasteiger partial charge in [0, 0.05) is 18.7 Å². The molecule has 0 saturated heterocycles. The number of aromatic nitrogens is 2. The molecule has 2 aromatic carbocycles. The van der Waals surface area contributed by atoms with Crippen molar-refractivity contribution in [3.8, 4) is 11.6 Å². The minimum atomic E-state index is -0.352. The third-order valence-corrected chi connectivity index (χ3v) is 5.42. The van der Waals surface area contributed by atoms with Crippen LogP contribution in [0.1, 0.15) is 11.1 Å². The van der Waals surface area contributed by atoms with Crippen molar-refractivity contribution in [3.63, 3.8) is 0 Å². The van der Waals surface area contributed by atoms with Crippen molar-refractivity contribution >= 4 is 23.4 Å². The third-order valence-electron chi connectivity index (χ3n) is 4.45. The van der Waals surface area contributed by atoms with Gasteiger partial charge in [0.2, 0.25) is 11.8 Å². The number of benzene rings is 2. The first-order valence-corrected chi connectivity index (χ1v) is 10.5. The molecular weight excluding hydrogens is 414 g/mol. The van der Waals surface area contributed by atoms with Crippen molar-refractivity contribution in [1.29, 1.82) is 0 Å². The van der Waals surface area contributed by atoms with Gasteiger partial charge in [0.1, 0.15) is 5.75 Å². The van der Waals surface area contributed by atoms with E-state index < -0.39 is 0 Å². The van der Waals surface area contributed by atoms with Crippen LogP contribution in [0.5, 0.6) is 11.6 Å². The quantitative estimate of drug-likeness (QED) is 0.303. The Morgan fingerprint density at radius 2 is 1.94 bits per heavy atom. The summed E-state index contributed by atoms with van der Waals surface area (Å²) in [6.07, 6.45) is 1.84. The first-order valence-electron chi connectivity index (χ1n) is 9.56. The molecule has 0 bridgehead atoms. The predicted octanol–water partition coefficient (Wildman–Crippen LogP) is 3.47. The van der Waals surface area contributed by atoms with Crippen LogP contribution in [0.25, 0.3) is 0 Å². The maximum absolute atomic E-state index is 13.0. The second-order valence-electron chi connectivity index (χ2n) is 6.63. The summed E-state index contributed by atoms with van der Waals surface area (Å²) in [7, 11) is 1.57. The van der Waals surface area contributed by atoms with E-state index in [1.165, 1.54) is 4.57 Å². The number of ether oxygens (including phenoxy) is 1. The number of carbonyl (C=O) groups is 1. The lowest BCUT2D eigenvalue weighted by Gasteiger charge is -2.13. The van der Waals surface area contributed by atoms with Gasteiger partial charge in [-0.15, -0.1) is 6.58 Å². The van der Waals surface area contributed by atoms with E-state index in [0.29, 0.717) is 11.4 Å². The maximum Gasteiger partial charge on any atom is 0.261 e. The summed E-state index contributed by atoms with van der Waals surface area (Å²) in [5.41, 5.74) is 1.37. The van der Waals surface area contributed by atoms with Crippen molar-refractivity contribution in [2.45, 2.75) is 18.1 Å². The second kappa shape index (κ2) is 10.5. The number of hydrogen-bond donors (Lipinski definition) is 2. The van der Waals surface area contributed by atoms with E-state index in [-0.39, 0.29) is 46.8 Å². The lowest BCUT2D eigenvalue weighted by molar-refractivity contribution is -0.113. The van der Waals surface area contributed by atoms with Crippen LogP contribution in [0, 0.1) is 0 Å². The molecular formula is C23H23N3O4S. The van der Waals surface area contributed by atoms with Gasteiger partial charge in [0.05, 0.1) is 18.4 Å². The SMILES string of the molecule is C=CCn1c(SCC(=O)Nc2ccc(OC)cc2)nc(O)c(Cc2ccccc2)c1=O. The zero-order chi connectivity index (χ0) is 22.2. The summed E-state index contributed by atoms with van der Waals surface area (Å²) in [4.78, 5) is 29.5. The summed E-state index contributed by atoms with van der Waals surface area (Å²) >= 11 is 1.07. The van der Waals surface area contributed by atoms with Gasteiger partial charge in [-0.05, 0) is 29.8 Å². The maximum atomic E-state index is 13.0. The van der Waals surface area contributed by atoms with Crippen LogP contribution >= 0.6 is 11.8 Å². The topological polar surface area (TPSA) is 93.5 Å². The number of nitrogens with one attached hydrogen (secondary N) is 1. The highest BCUT2D eigenvalue weighted by Crippen LogP contribution is 2.22. The van der Waals surface area contributed by atoms with Crippen molar-refractivity contribution in [2.75, 3.05) is 18.2 Å². The van der Waals surface area contributed by atoms with Crippen LogP contribution < -0.4 is 15.6 Å². The van der Waals surface area contributed by atoms with Gasteiger partial charge in [-0.2, -0.15) is 4.98 Å². The lowest BCUT2D eigenvalue weighted by atomic mass is 10.1. The largest absolute Gasteiger partial charge is 0.497 e. The van der Waals surface area contributed by atoms with Gasteiger partial charge in [-0.1, -0.05) is 48.2 Å². The highest BCUT2D eigenvalue weighted by molar-refractivity contribution is 7.99. The summed E-state index contributed by atoms with van der Waals surface area (Å²) in [5, 5.41) is 13.4. The van der Waals surface area contributed by atoms with Crippen LogP contribution in [-0.4, -0.2) is 33.4 Å². The molecule has 0 aliphatic heterocycles. The Morgan fingerprint density at radius 1 is 1.23 bits per heavy atom. The average molecular weight is 438 g/mol. The van der Waals surface area contributed by atoms with Gasteiger partial charge < -0.3 is 15.2 Å². The number of amides is 1. The first-order chi connectivity index (χ1) is 15.0. The van der Waals surface area contributed by atoms with Crippen LogP contribution in [0.15, 0.2) is 77.2 Å². The molecule has 0 atom stereocenters. The molecule has 8 heteroatoms. The Balaban J connectivity index is 1.76. The molecule has 0 saturated carbocycles. The predicted molar refractivity (Wildman–Crippen MR) is 122 cm³/mol. The van der Waals surface area contributed by atoms with Crippen LogP contribution in [0.3, 0.4) is 0 Å². The molecule has 0 spiro atoms. The Kier molecular flexibility index (Phi) is 7.50. The summed E-state index contributed by atoms with van der Waals surface area (Å²) in [6, 6.07) is 16.3. The molecule has 3 aromatic rings. The van der Waals surface area contributed by atoms with E-state index in [9.17, 15) is 14.7 Å². The molecule has 160 valence electrons. The fourth-order valence-corrected chi connectivity index (χ4v) is 3.72. The zero-order valence-corrected chi connectivity index (χ0v) is 17.9. The molecule has 2 N–H and O–H groups in total. The number of nitrogens with zero attached hydrogens (tertiary/aromatic N) is 2. The van der Waals surface area contributed by atoms with E-state index in [1.54, 1.807) is 37.5 Å². The van der Waals surface area contributed by atoms with Gasteiger partial charge in [0.15, 0.2) is 5.16 Å². The van der Waals surface area contributed by atoms with E-state index in [0.717, 1.165) is 17.3 Å². The van der Waals surface area contributed by atoms with Crippen molar-refractivity contribution < 1.29 is 14.6 Å². The fourth-order valence-electron chi connectivity index (χ4n) is 2.92. The molecule has 0 unspecified atom stereocenters. The molecule has 1 amide bonds. The van der Waals surface area contributed by atoms with Gasteiger partial charge in [-0.25, -0.2) is 0 Å². The Labute approximate surface area is 184 Å². The number of allylic oxidation sites excluding steroid dienone is 1. The minimum Gasteiger partial charge on any atom is -0.497 e. The molecule has 7 nitrogen and oxygen atoms in total. The lowest BCUT2D eigenvalue weighted by Crippen LogP contribution is -2.27. The van der Waals surface area contributed by atoms with Crippen molar-refractivity contribution in [1.82, 2.24) is 9.55 Å². The molecule has 1 heterocycles. The normalized spacial score (nSPS) is 10.5. The number of anilines is 1. The number of aromatic hydroxyl groups is 1. The van der Waals surface area contributed by atoms with E-state index in [1.807, 2.05) is 30.3 Å².